The molecular formula is C16H14FN5O2. The fourth-order valence-corrected chi connectivity index (χ4v) is 2.09. The number of nitrogens with zero attached hydrogens (tertiary/aromatic N) is 4. The molecule has 0 radical (unpaired) electrons. The molecule has 1 aromatic heterocycles. The zero-order chi connectivity index (χ0) is 16.9. The molecule has 0 saturated carbocycles. The maximum Gasteiger partial charge on any atom is 0.248 e. The van der Waals surface area contributed by atoms with Crippen LogP contribution in [-0.4, -0.2) is 33.2 Å². The summed E-state index contributed by atoms with van der Waals surface area (Å²) in [6.07, 6.45) is 0. The molecule has 0 aliphatic heterocycles. The summed E-state index contributed by atoms with van der Waals surface area (Å²) in [5.41, 5.74) is 1.18. The number of amides is 1. The average molecular weight is 327 g/mol. The number of para-hydroxylation sites is 2. The summed E-state index contributed by atoms with van der Waals surface area (Å²) in [5.74, 6) is 0.217. The lowest BCUT2D eigenvalue weighted by molar-refractivity contribution is -0.117. The van der Waals surface area contributed by atoms with Crippen molar-refractivity contribution in [1.82, 2.24) is 20.2 Å². The number of rotatable bonds is 5. The smallest absolute Gasteiger partial charge is 0.248 e. The van der Waals surface area contributed by atoms with Gasteiger partial charge in [-0.3, -0.25) is 4.79 Å². The van der Waals surface area contributed by atoms with Crippen LogP contribution >= 0.6 is 0 Å². The molecule has 1 amide bonds. The third-order valence-corrected chi connectivity index (χ3v) is 3.22. The topological polar surface area (TPSA) is 81.9 Å². The van der Waals surface area contributed by atoms with E-state index >= 15 is 0 Å². The first-order valence-electron chi connectivity index (χ1n) is 7.12. The van der Waals surface area contributed by atoms with Crippen LogP contribution in [0.2, 0.25) is 0 Å². The van der Waals surface area contributed by atoms with Gasteiger partial charge in [-0.15, -0.1) is 10.2 Å². The van der Waals surface area contributed by atoms with Crippen molar-refractivity contribution < 1.29 is 13.9 Å². The highest BCUT2D eigenvalue weighted by atomic mass is 19.1. The monoisotopic (exact) mass is 327 g/mol. The van der Waals surface area contributed by atoms with Crippen LogP contribution in [-0.2, 0) is 11.3 Å². The number of halogens is 1. The first-order chi connectivity index (χ1) is 11.7. The Hall–Kier alpha value is -3.29. The van der Waals surface area contributed by atoms with Crippen molar-refractivity contribution in [2.75, 3.05) is 12.4 Å². The molecule has 0 spiro atoms. The summed E-state index contributed by atoms with van der Waals surface area (Å²) < 4.78 is 18.1. The third-order valence-electron chi connectivity index (χ3n) is 3.22. The predicted molar refractivity (Wildman–Crippen MR) is 84.8 cm³/mol. The van der Waals surface area contributed by atoms with Crippen LogP contribution in [0.3, 0.4) is 0 Å². The van der Waals surface area contributed by atoms with E-state index in [1.54, 1.807) is 30.3 Å². The molecule has 0 unspecified atom stereocenters. The third kappa shape index (κ3) is 3.54. The van der Waals surface area contributed by atoms with Crippen LogP contribution in [0.5, 0.6) is 5.75 Å². The van der Waals surface area contributed by atoms with E-state index in [4.69, 9.17) is 4.74 Å². The van der Waals surface area contributed by atoms with E-state index < -0.39 is 0 Å². The summed E-state index contributed by atoms with van der Waals surface area (Å²) in [5, 5.41) is 14.5. The molecule has 0 saturated heterocycles. The maximum absolute atomic E-state index is 12.9. The van der Waals surface area contributed by atoms with Crippen molar-refractivity contribution in [3.05, 3.63) is 54.3 Å². The Balaban J connectivity index is 1.68. The summed E-state index contributed by atoms with van der Waals surface area (Å²) >= 11 is 0. The van der Waals surface area contributed by atoms with E-state index in [1.807, 2.05) is 6.07 Å². The number of nitrogens with one attached hydrogen (secondary N) is 1. The van der Waals surface area contributed by atoms with Gasteiger partial charge in [0.25, 0.3) is 0 Å². The molecule has 2 aromatic carbocycles. The van der Waals surface area contributed by atoms with Crippen LogP contribution < -0.4 is 10.1 Å². The summed E-state index contributed by atoms with van der Waals surface area (Å²) in [4.78, 5) is 13.3. The molecule has 0 atom stereocenters. The second kappa shape index (κ2) is 6.86. The lowest BCUT2D eigenvalue weighted by Crippen LogP contribution is -2.20. The molecule has 0 bridgehead atoms. The van der Waals surface area contributed by atoms with Gasteiger partial charge in [-0.05, 0) is 41.6 Å². The number of tetrazole rings is 1. The van der Waals surface area contributed by atoms with Gasteiger partial charge in [0, 0.05) is 5.56 Å². The van der Waals surface area contributed by atoms with E-state index in [0.717, 1.165) is 0 Å². The Bertz CT molecular complexity index is 848. The van der Waals surface area contributed by atoms with Gasteiger partial charge >= 0.3 is 0 Å². The van der Waals surface area contributed by atoms with E-state index in [-0.39, 0.29) is 18.3 Å². The Morgan fingerprint density at radius 3 is 2.71 bits per heavy atom. The SMILES string of the molecule is COc1ccccc1NC(=O)Cn1nnc(-c2ccc(F)cc2)n1. The minimum atomic E-state index is -0.345. The Morgan fingerprint density at radius 2 is 1.96 bits per heavy atom. The number of carbonyl (C=O) groups is 1. The Morgan fingerprint density at radius 1 is 1.21 bits per heavy atom. The highest BCUT2D eigenvalue weighted by Gasteiger charge is 2.11. The van der Waals surface area contributed by atoms with Crippen LogP contribution in [0.1, 0.15) is 0 Å². The predicted octanol–water partition coefficient (Wildman–Crippen LogP) is 2.13. The lowest BCUT2D eigenvalue weighted by atomic mass is 10.2. The molecule has 0 fully saturated rings. The van der Waals surface area contributed by atoms with Crippen molar-refractivity contribution in [3.8, 4) is 17.1 Å². The van der Waals surface area contributed by atoms with Gasteiger partial charge in [0.1, 0.15) is 18.1 Å². The van der Waals surface area contributed by atoms with Crippen molar-refractivity contribution in [1.29, 1.82) is 0 Å². The van der Waals surface area contributed by atoms with Gasteiger partial charge in [-0.1, -0.05) is 12.1 Å². The Labute approximate surface area is 137 Å². The van der Waals surface area contributed by atoms with Gasteiger partial charge in [0.2, 0.25) is 11.7 Å². The molecule has 0 aliphatic rings. The minimum Gasteiger partial charge on any atom is -0.495 e. The van der Waals surface area contributed by atoms with Gasteiger partial charge in [0.05, 0.1) is 12.8 Å². The quantitative estimate of drug-likeness (QED) is 0.776. The average Bonchev–Trinajstić information content (AvgIpc) is 3.04. The van der Waals surface area contributed by atoms with Gasteiger partial charge in [-0.25, -0.2) is 4.39 Å². The Kier molecular flexibility index (Phi) is 4.46. The fraction of sp³-hybridized carbons (Fsp3) is 0.125. The van der Waals surface area contributed by atoms with E-state index in [0.29, 0.717) is 22.8 Å². The number of hydrogen-bond donors (Lipinski definition) is 1. The van der Waals surface area contributed by atoms with Crippen molar-refractivity contribution in [2.45, 2.75) is 6.54 Å². The lowest BCUT2D eigenvalue weighted by Gasteiger charge is -2.09. The van der Waals surface area contributed by atoms with Crippen molar-refractivity contribution >= 4 is 11.6 Å². The molecule has 8 heteroatoms. The minimum absolute atomic E-state index is 0.105. The van der Waals surface area contributed by atoms with Crippen LogP contribution in [0.4, 0.5) is 10.1 Å². The molecule has 1 heterocycles. The van der Waals surface area contributed by atoms with Crippen LogP contribution in [0, 0.1) is 5.82 Å². The van der Waals surface area contributed by atoms with Gasteiger partial charge < -0.3 is 10.1 Å². The first kappa shape index (κ1) is 15.6. The fourth-order valence-electron chi connectivity index (χ4n) is 2.09. The van der Waals surface area contributed by atoms with Gasteiger partial charge in [-0.2, -0.15) is 4.80 Å². The summed E-state index contributed by atoms with van der Waals surface area (Å²) in [6.45, 7) is -0.105. The largest absolute Gasteiger partial charge is 0.495 e. The molecule has 24 heavy (non-hydrogen) atoms. The van der Waals surface area contributed by atoms with Gasteiger partial charge in [0.15, 0.2) is 0 Å². The van der Waals surface area contributed by atoms with E-state index in [1.165, 1.54) is 24.0 Å². The molecule has 3 rings (SSSR count). The first-order valence-corrected chi connectivity index (χ1v) is 7.12. The number of anilines is 1. The normalized spacial score (nSPS) is 10.4. The molecule has 122 valence electrons. The van der Waals surface area contributed by atoms with Crippen molar-refractivity contribution in [2.24, 2.45) is 0 Å². The highest BCUT2D eigenvalue weighted by Crippen LogP contribution is 2.22. The number of hydrogen-bond acceptors (Lipinski definition) is 5. The zero-order valence-corrected chi connectivity index (χ0v) is 12.8. The van der Waals surface area contributed by atoms with Crippen LogP contribution in [0.15, 0.2) is 48.5 Å². The van der Waals surface area contributed by atoms with Crippen LogP contribution in [0.25, 0.3) is 11.4 Å². The molecule has 7 nitrogen and oxygen atoms in total. The maximum atomic E-state index is 12.9. The molecule has 1 N–H and O–H groups in total. The molecule has 0 aliphatic carbocycles. The van der Waals surface area contributed by atoms with E-state index in [2.05, 4.69) is 20.7 Å². The molecular weight excluding hydrogens is 313 g/mol. The summed E-state index contributed by atoms with van der Waals surface area (Å²) in [7, 11) is 1.53. The number of methoxy groups -OCH3 is 1. The standard InChI is InChI=1S/C16H14FN5O2/c1-24-14-5-3-2-4-13(14)18-15(23)10-22-20-16(19-21-22)11-6-8-12(17)9-7-11/h2-9H,10H2,1H3,(H,18,23). The number of aromatic nitrogens is 4. The second-order valence-corrected chi connectivity index (χ2v) is 4.90. The highest BCUT2D eigenvalue weighted by molar-refractivity contribution is 5.91. The van der Waals surface area contributed by atoms with Crippen molar-refractivity contribution in [3.63, 3.8) is 0 Å². The number of benzene rings is 2. The molecule has 3 aromatic rings. The second-order valence-electron chi connectivity index (χ2n) is 4.90. The number of ether oxygens (including phenoxy) is 1. The van der Waals surface area contributed by atoms with E-state index in [9.17, 15) is 9.18 Å². The number of carbonyl (C=O) groups excluding carboxylic acids is 1. The summed E-state index contributed by atoms with van der Waals surface area (Å²) in [6, 6.07) is 12.8. The zero-order valence-electron chi connectivity index (χ0n) is 12.8.